The van der Waals surface area contributed by atoms with Gasteiger partial charge in [-0.1, -0.05) is 48.5 Å². The fraction of sp³-hybridized carbons (Fsp3) is 0.556. The van der Waals surface area contributed by atoms with Gasteiger partial charge in [-0.05, 0) is 105 Å². The Bertz CT molecular complexity index is 1450. The summed E-state index contributed by atoms with van der Waals surface area (Å²) in [6.45, 7) is 2.08. The summed E-state index contributed by atoms with van der Waals surface area (Å²) in [6.07, 6.45) is 6.41. The summed E-state index contributed by atoms with van der Waals surface area (Å²) >= 11 is 0. The molecule has 0 radical (unpaired) electrons. The maximum Gasteiger partial charge on any atom is 0.407 e. The molecule has 11 nitrogen and oxygen atoms in total. The zero-order valence-corrected chi connectivity index (χ0v) is 27.1. The number of hydrogen-bond acceptors (Lipinski definition) is 7. The van der Waals surface area contributed by atoms with Crippen LogP contribution in [0.4, 0.5) is 4.79 Å². The Morgan fingerprint density at radius 1 is 0.894 bits per heavy atom. The molecule has 7 rings (SSSR count). The molecular weight excluding hydrogens is 598 g/mol. The van der Waals surface area contributed by atoms with Gasteiger partial charge < -0.3 is 36.8 Å². The van der Waals surface area contributed by atoms with E-state index in [0.717, 1.165) is 54.4 Å². The number of ether oxygens (including phenoxy) is 1. The minimum Gasteiger partial charge on any atom is -0.480 e. The van der Waals surface area contributed by atoms with E-state index in [4.69, 9.17) is 10.5 Å². The Hall–Kier alpha value is -3.96. The number of unbranched alkanes of at least 4 members (excludes halogenated alkanes) is 1. The molecular formula is C36H47N5O6. The highest BCUT2D eigenvalue weighted by Gasteiger charge is 2.58. The van der Waals surface area contributed by atoms with Crippen molar-refractivity contribution < 1.29 is 29.0 Å². The number of hydrogen-bond donors (Lipinski definition) is 6. The number of nitrogens with two attached hydrogens (primary N) is 1. The molecule has 4 fully saturated rings. The van der Waals surface area contributed by atoms with Crippen LogP contribution in [0.25, 0.3) is 11.1 Å². The summed E-state index contributed by atoms with van der Waals surface area (Å²) in [5.41, 5.74) is 9.45. The van der Waals surface area contributed by atoms with Crippen LogP contribution in [0.2, 0.25) is 0 Å². The van der Waals surface area contributed by atoms with E-state index in [-0.39, 0.29) is 30.5 Å². The molecule has 0 aromatic heterocycles. The van der Waals surface area contributed by atoms with Crippen molar-refractivity contribution in [1.82, 2.24) is 21.3 Å². The first-order valence-corrected chi connectivity index (χ1v) is 17.0. The topological polar surface area (TPSA) is 172 Å². The van der Waals surface area contributed by atoms with Crippen molar-refractivity contribution in [2.75, 3.05) is 19.7 Å². The Kier molecular flexibility index (Phi) is 9.57. The van der Waals surface area contributed by atoms with Crippen LogP contribution in [0.1, 0.15) is 81.8 Å². The van der Waals surface area contributed by atoms with E-state index < -0.39 is 35.6 Å². The second kappa shape index (κ2) is 13.6. The van der Waals surface area contributed by atoms with Gasteiger partial charge in [0.2, 0.25) is 11.8 Å². The molecule has 2 aromatic carbocycles. The van der Waals surface area contributed by atoms with Crippen LogP contribution in [-0.2, 0) is 19.1 Å². The van der Waals surface area contributed by atoms with Crippen LogP contribution in [0, 0.1) is 11.8 Å². The summed E-state index contributed by atoms with van der Waals surface area (Å²) in [5.74, 6) is -0.872. The molecule has 252 valence electrons. The number of carbonyl (C=O) groups excluding carboxylic acids is 3. The molecule has 0 aliphatic heterocycles. The predicted octanol–water partition coefficient (Wildman–Crippen LogP) is 3.41. The van der Waals surface area contributed by atoms with Gasteiger partial charge in [-0.25, -0.2) is 4.79 Å². The number of rotatable bonds is 14. The van der Waals surface area contributed by atoms with Crippen LogP contribution in [0.3, 0.4) is 0 Å². The summed E-state index contributed by atoms with van der Waals surface area (Å²) < 4.78 is 5.63. The Labute approximate surface area is 275 Å². The lowest BCUT2D eigenvalue weighted by atomic mass is 9.50. The molecule has 3 amide bonds. The molecule has 4 saturated carbocycles. The van der Waals surface area contributed by atoms with E-state index >= 15 is 0 Å². The van der Waals surface area contributed by atoms with Crippen molar-refractivity contribution >= 4 is 23.9 Å². The zero-order chi connectivity index (χ0) is 33.2. The van der Waals surface area contributed by atoms with Crippen molar-refractivity contribution in [2.45, 2.75) is 93.8 Å². The van der Waals surface area contributed by atoms with Crippen molar-refractivity contribution in [2.24, 2.45) is 17.6 Å². The standard InChI is InChI=1S/C36H47N5O6/c1-22(39-34(46)47-20-29-27-10-4-2-8-25(27)26-9-3-5-11-28(26)29)32(44)40-30(12-6-7-13-37)33(45)41-36-17-23-14-24(18-36)16-35(15-23,21-36)38-19-31(42)43/h2-5,8-11,22-24,29-30,38H,6-7,12-21,37H2,1H3,(H,39,46)(H,40,44)(H,41,45)(H,42,43)/t22-,23?,24?,30-,35?,36?/m0/s1. The average molecular weight is 646 g/mol. The third kappa shape index (κ3) is 7.16. The van der Waals surface area contributed by atoms with E-state index in [1.807, 2.05) is 36.4 Å². The number of alkyl carbamates (subject to hydrolysis) is 1. The Morgan fingerprint density at radius 2 is 1.51 bits per heavy atom. The number of fused-ring (bicyclic) bond motifs is 3. The fourth-order valence-corrected chi connectivity index (χ4v) is 9.17. The SMILES string of the molecule is C[C@H](NC(=O)OCC1c2ccccc2-c2ccccc21)C(=O)N[C@@H](CCCCN)C(=O)NC12CC3CC(CC(NCC(=O)O)(C3)C1)C2. The van der Waals surface area contributed by atoms with Crippen molar-refractivity contribution in [3.8, 4) is 11.1 Å². The molecule has 47 heavy (non-hydrogen) atoms. The third-order valence-electron chi connectivity index (χ3n) is 10.7. The highest BCUT2D eigenvalue weighted by atomic mass is 16.5. The lowest BCUT2D eigenvalue weighted by Crippen LogP contribution is -2.70. The van der Waals surface area contributed by atoms with E-state index in [1.165, 1.54) is 0 Å². The quantitative estimate of drug-likeness (QED) is 0.170. The molecule has 4 atom stereocenters. The summed E-state index contributed by atoms with van der Waals surface area (Å²) in [6, 6.07) is 14.4. The minimum atomic E-state index is -0.932. The molecule has 7 N–H and O–H groups in total. The van der Waals surface area contributed by atoms with E-state index in [0.29, 0.717) is 44.1 Å². The maximum absolute atomic E-state index is 13.8. The maximum atomic E-state index is 13.8. The van der Waals surface area contributed by atoms with Gasteiger partial charge in [-0.3, -0.25) is 14.4 Å². The smallest absolute Gasteiger partial charge is 0.407 e. The number of nitrogens with one attached hydrogen (secondary N) is 4. The highest BCUT2D eigenvalue weighted by molar-refractivity contribution is 5.91. The number of benzene rings is 2. The molecule has 2 aromatic rings. The molecule has 0 saturated heterocycles. The molecule has 2 unspecified atom stereocenters. The average Bonchev–Trinajstić information content (AvgIpc) is 3.35. The lowest BCUT2D eigenvalue weighted by molar-refractivity contribution is -0.139. The number of carbonyl (C=O) groups is 4. The first-order chi connectivity index (χ1) is 22.6. The third-order valence-corrected chi connectivity index (χ3v) is 10.7. The second-order valence-corrected chi connectivity index (χ2v) is 14.3. The monoisotopic (exact) mass is 645 g/mol. The van der Waals surface area contributed by atoms with E-state index in [1.54, 1.807) is 6.92 Å². The molecule has 4 bridgehead atoms. The largest absolute Gasteiger partial charge is 0.480 e. The fourth-order valence-electron chi connectivity index (χ4n) is 9.17. The van der Waals surface area contributed by atoms with Gasteiger partial charge in [0.1, 0.15) is 18.7 Å². The molecule has 5 aliphatic rings. The lowest BCUT2D eigenvalue weighted by Gasteiger charge is -2.62. The minimum absolute atomic E-state index is 0.101. The van der Waals surface area contributed by atoms with Crippen LogP contribution < -0.4 is 27.0 Å². The number of aliphatic carboxylic acids is 1. The normalized spacial score (nSPS) is 26.5. The van der Waals surface area contributed by atoms with Gasteiger partial charge in [-0.2, -0.15) is 0 Å². The van der Waals surface area contributed by atoms with Gasteiger partial charge in [0, 0.05) is 17.0 Å². The van der Waals surface area contributed by atoms with E-state index in [9.17, 15) is 24.3 Å². The number of amides is 3. The van der Waals surface area contributed by atoms with Crippen LogP contribution in [0.15, 0.2) is 48.5 Å². The summed E-state index contributed by atoms with van der Waals surface area (Å²) in [7, 11) is 0. The first-order valence-electron chi connectivity index (χ1n) is 17.0. The van der Waals surface area contributed by atoms with Crippen molar-refractivity contribution in [1.29, 1.82) is 0 Å². The zero-order valence-electron chi connectivity index (χ0n) is 27.1. The molecule has 11 heteroatoms. The summed E-state index contributed by atoms with van der Waals surface area (Å²) in [4.78, 5) is 51.4. The van der Waals surface area contributed by atoms with Gasteiger partial charge in [0.05, 0.1) is 6.54 Å². The first kappa shape index (κ1) is 33.0. The van der Waals surface area contributed by atoms with Crippen LogP contribution in [-0.4, -0.2) is 71.8 Å². The molecule has 0 spiro atoms. The Balaban J connectivity index is 1.06. The van der Waals surface area contributed by atoms with Gasteiger partial charge in [-0.15, -0.1) is 0 Å². The molecule has 5 aliphatic carbocycles. The Morgan fingerprint density at radius 3 is 2.13 bits per heavy atom. The highest BCUT2D eigenvalue weighted by Crippen LogP contribution is 2.57. The van der Waals surface area contributed by atoms with Gasteiger partial charge in [0.25, 0.3) is 0 Å². The number of carboxylic acids is 1. The van der Waals surface area contributed by atoms with Crippen LogP contribution in [0.5, 0.6) is 0 Å². The van der Waals surface area contributed by atoms with Crippen molar-refractivity contribution in [3.63, 3.8) is 0 Å². The second-order valence-electron chi connectivity index (χ2n) is 14.3. The molecule has 0 heterocycles. The van der Waals surface area contributed by atoms with Crippen molar-refractivity contribution in [3.05, 3.63) is 59.7 Å². The van der Waals surface area contributed by atoms with Gasteiger partial charge >= 0.3 is 12.1 Å². The number of carboxylic acid groups (broad SMARTS) is 1. The van der Waals surface area contributed by atoms with Crippen LogP contribution >= 0.6 is 0 Å². The van der Waals surface area contributed by atoms with Gasteiger partial charge in [0.15, 0.2) is 0 Å². The van der Waals surface area contributed by atoms with E-state index in [2.05, 4.69) is 33.4 Å². The summed E-state index contributed by atoms with van der Waals surface area (Å²) in [5, 5.41) is 21.5. The predicted molar refractivity (Wildman–Crippen MR) is 176 cm³/mol.